The molecule has 0 heterocycles. The molecule has 0 spiro atoms. The number of rotatable bonds is 9. The van der Waals surface area contributed by atoms with Crippen LogP contribution in [0.4, 0.5) is 4.39 Å². The average Bonchev–Trinajstić information content (AvgIpc) is 3.30. The molecule has 0 aliphatic heterocycles. The molecule has 5 nitrogen and oxygen atoms in total. The first-order valence-corrected chi connectivity index (χ1v) is 10.8. The van der Waals surface area contributed by atoms with Gasteiger partial charge < -0.3 is 5.32 Å². The quantitative estimate of drug-likeness (QED) is 0.416. The molecule has 3 rings (SSSR count). The zero-order valence-corrected chi connectivity index (χ0v) is 18.5. The highest BCUT2D eigenvalue weighted by molar-refractivity contribution is 5.78. The van der Waals surface area contributed by atoms with Crippen molar-refractivity contribution in [2.24, 2.45) is 5.11 Å². The molecular weight excluding hydrogens is 391 g/mol. The Hall–Kier alpha value is -2.86. The lowest BCUT2D eigenvalue weighted by Crippen LogP contribution is -2.29. The molecule has 2 N–H and O–H groups in total. The summed E-state index contributed by atoms with van der Waals surface area (Å²) in [6.07, 6.45) is 7.87. The van der Waals surface area contributed by atoms with Crippen molar-refractivity contribution in [1.82, 2.24) is 10.2 Å². The van der Waals surface area contributed by atoms with E-state index in [1.807, 2.05) is 13.0 Å². The third kappa shape index (κ3) is 5.44. The zero-order valence-electron chi connectivity index (χ0n) is 18.5. The van der Waals surface area contributed by atoms with Crippen molar-refractivity contribution in [1.29, 1.82) is 5.53 Å². The van der Waals surface area contributed by atoms with E-state index in [-0.39, 0.29) is 5.82 Å². The van der Waals surface area contributed by atoms with Gasteiger partial charge in [0, 0.05) is 43.4 Å². The van der Waals surface area contributed by atoms with Crippen LogP contribution in [0.3, 0.4) is 0 Å². The largest absolute Gasteiger partial charge is 0.392 e. The van der Waals surface area contributed by atoms with Gasteiger partial charge in [-0.15, -0.1) is 0 Å². The molecular formula is C25H31FN4O. The van der Waals surface area contributed by atoms with E-state index in [2.05, 4.69) is 28.4 Å². The van der Waals surface area contributed by atoms with E-state index in [0.29, 0.717) is 34.9 Å². The van der Waals surface area contributed by atoms with Crippen LogP contribution in [-0.2, 0) is 13.0 Å². The highest BCUT2D eigenvalue weighted by Crippen LogP contribution is 2.27. The molecule has 1 aliphatic rings. The number of hydrogen-bond donors (Lipinski definition) is 2. The van der Waals surface area contributed by atoms with Gasteiger partial charge in [-0.25, -0.2) is 9.92 Å². The van der Waals surface area contributed by atoms with Crippen LogP contribution in [0.1, 0.15) is 63.9 Å². The lowest BCUT2D eigenvalue weighted by Gasteiger charge is -2.25. The minimum Gasteiger partial charge on any atom is -0.392 e. The molecule has 6 heteroatoms. The van der Waals surface area contributed by atoms with Crippen LogP contribution in [0.2, 0.25) is 0 Å². The van der Waals surface area contributed by atoms with Crippen molar-refractivity contribution in [2.75, 3.05) is 14.1 Å². The van der Waals surface area contributed by atoms with Crippen LogP contribution in [0.15, 0.2) is 41.6 Å². The molecule has 1 aliphatic carbocycles. The highest BCUT2D eigenvalue weighted by atomic mass is 19.1. The van der Waals surface area contributed by atoms with Gasteiger partial charge in [0.15, 0.2) is 0 Å². The van der Waals surface area contributed by atoms with Crippen LogP contribution in [0, 0.1) is 18.3 Å². The normalized spacial score (nSPS) is 14.8. The smallest absolute Gasteiger partial charge is 0.150 e. The van der Waals surface area contributed by atoms with Gasteiger partial charge in [-0.3, -0.25) is 9.69 Å². The van der Waals surface area contributed by atoms with Crippen molar-refractivity contribution in [3.05, 3.63) is 75.7 Å². The SMILES string of the molecule is CN/C=C(\N=N)c1ccc(Cc2cc(C=O)c(CN(C)C3CCCC3)cc2C)c(F)c1. The van der Waals surface area contributed by atoms with Crippen LogP contribution < -0.4 is 5.32 Å². The van der Waals surface area contributed by atoms with Crippen molar-refractivity contribution in [3.8, 4) is 0 Å². The second-order valence-electron chi connectivity index (χ2n) is 8.36. The maximum absolute atomic E-state index is 14.8. The van der Waals surface area contributed by atoms with Crippen LogP contribution in [0.5, 0.6) is 0 Å². The third-order valence-corrected chi connectivity index (χ3v) is 6.22. The summed E-state index contributed by atoms with van der Waals surface area (Å²) < 4.78 is 14.8. The number of carbonyl (C=O) groups excluding carboxylic acids is 1. The molecule has 31 heavy (non-hydrogen) atoms. The number of nitrogens with one attached hydrogen (secondary N) is 2. The summed E-state index contributed by atoms with van der Waals surface area (Å²) >= 11 is 0. The van der Waals surface area contributed by atoms with Crippen LogP contribution >= 0.6 is 0 Å². The standard InChI is InChI=1S/C25H31FN4O/c1-17-10-21(15-30(3)23-6-4-5-7-23)22(16-31)12-20(17)11-18-8-9-19(13-24(18)26)25(29-27)14-28-2/h8-10,12-14,16,23,27-28H,4-7,11,15H2,1-3H3/b25-14-,29-27?. The Bertz CT molecular complexity index is 980. The van der Waals surface area contributed by atoms with E-state index in [9.17, 15) is 9.18 Å². The van der Waals surface area contributed by atoms with Gasteiger partial charge in [-0.1, -0.05) is 31.0 Å². The monoisotopic (exact) mass is 422 g/mol. The van der Waals surface area contributed by atoms with Gasteiger partial charge in [0.25, 0.3) is 0 Å². The maximum atomic E-state index is 14.8. The molecule has 0 bridgehead atoms. The second-order valence-corrected chi connectivity index (χ2v) is 8.36. The van der Waals surface area contributed by atoms with Crippen molar-refractivity contribution in [3.63, 3.8) is 0 Å². The minimum atomic E-state index is -0.347. The van der Waals surface area contributed by atoms with Gasteiger partial charge in [0.05, 0.1) is 0 Å². The van der Waals surface area contributed by atoms with Crippen LogP contribution in [0.25, 0.3) is 5.70 Å². The lowest BCUT2D eigenvalue weighted by atomic mass is 9.94. The maximum Gasteiger partial charge on any atom is 0.150 e. The number of hydrogen-bond acceptors (Lipinski definition) is 5. The van der Waals surface area contributed by atoms with E-state index in [1.165, 1.54) is 31.7 Å². The van der Waals surface area contributed by atoms with Crippen LogP contribution in [-0.4, -0.2) is 31.3 Å². The third-order valence-electron chi connectivity index (χ3n) is 6.22. The first-order chi connectivity index (χ1) is 15.0. The molecule has 2 aromatic rings. The van der Waals surface area contributed by atoms with E-state index in [4.69, 9.17) is 5.53 Å². The van der Waals surface area contributed by atoms with Crippen molar-refractivity contribution >= 4 is 12.0 Å². The molecule has 0 radical (unpaired) electrons. The molecule has 164 valence electrons. The number of nitrogens with zero attached hydrogens (tertiary/aromatic N) is 2. The number of carbonyl (C=O) groups is 1. The van der Waals surface area contributed by atoms with E-state index in [1.54, 1.807) is 25.4 Å². The second kappa shape index (κ2) is 10.4. The Morgan fingerprint density at radius 2 is 1.97 bits per heavy atom. The summed E-state index contributed by atoms with van der Waals surface area (Å²) in [5.74, 6) is -0.347. The predicted octanol–water partition coefficient (Wildman–Crippen LogP) is 5.46. The highest BCUT2D eigenvalue weighted by Gasteiger charge is 2.21. The molecule has 0 saturated heterocycles. The Morgan fingerprint density at radius 1 is 1.23 bits per heavy atom. The van der Waals surface area contributed by atoms with Gasteiger partial charge in [-0.05, 0) is 61.2 Å². The summed E-state index contributed by atoms with van der Waals surface area (Å²) in [6.45, 7) is 2.77. The Labute approximate surface area is 183 Å². The molecule has 1 fully saturated rings. The molecule has 0 atom stereocenters. The van der Waals surface area contributed by atoms with Crippen molar-refractivity contribution < 1.29 is 9.18 Å². The fraction of sp³-hybridized carbons (Fsp3) is 0.400. The summed E-state index contributed by atoms with van der Waals surface area (Å²) in [5.41, 5.74) is 12.4. The summed E-state index contributed by atoms with van der Waals surface area (Å²) in [4.78, 5) is 14.1. The van der Waals surface area contributed by atoms with E-state index < -0.39 is 0 Å². The van der Waals surface area contributed by atoms with Gasteiger partial charge in [-0.2, -0.15) is 5.11 Å². The first kappa shape index (κ1) is 22.8. The van der Waals surface area contributed by atoms with E-state index >= 15 is 0 Å². The first-order valence-electron chi connectivity index (χ1n) is 10.8. The summed E-state index contributed by atoms with van der Waals surface area (Å²) in [7, 11) is 3.84. The zero-order chi connectivity index (χ0) is 22.4. The van der Waals surface area contributed by atoms with Gasteiger partial charge in [0.1, 0.15) is 17.8 Å². The van der Waals surface area contributed by atoms with Gasteiger partial charge in [0.2, 0.25) is 0 Å². The summed E-state index contributed by atoms with van der Waals surface area (Å²) in [5, 5.41) is 6.25. The average molecular weight is 423 g/mol. The fourth-order valence-electron chi connectivity index (χ4n) is 4.38. The van der Waals surface area contributed by atoms with Crippen molar-refractivity contribution in [2.45, 2.75) is 51.6 Å². The Morgan fingerprint density at radius 3 is 2.58 bits per heavy atom. The molecule has 2 aromatic carbocycles. The van der Waals surface area contributed by atoms with E-state index in [0.717, 1.165) is 29.5 Å². The minimum absolute atomic E-state index is 0.347. The number of benzene rings is 2. The topological polar surface area (TPSA) is 68.5 Å². The number of aryl methyl sites for hydroxylation is 1. The predicted molar refractivity (Wildman–Crippen MR) is 122 cm³/mol. The fourth-order valence-corrected chi connectivity index (χ4v) is 4.38. The Kier molecular flexibility index (Phi) is 7.69. The summed E-state index contributed by atoms with van der Waals surface area (Å²) in [6, 6.07) is 9.45. The lowest BCUT2D eigenvalue weighted by molar-refractivity contribution is 0.112. The molecule has 0 amide bonds. The van der Waals surface area contributed by atoms with Gasteiger partial charge >= 0.3 is 0 Å². The Balaban J connectivity index is 1.82. The molecule has 1 saturated carbocycles. The number of halogens is 1. The molecule has 0 aromatic heterocycles. The number of aldehydes is 1. The molecule has 0 unspecified atom stereocenters.